The van der Waals surface area contributed by atoms with Gasteiger partial charge >= 0.3 is 0 Å². The number of ketones is 2. The summed E-state index contributed by atoms with van der Waals surface area (Å²) in [4.78, 5) is 45.1. The molecular weight excluding hydrogens is 624 g/mol. The van der Waals surface area contributed by atoms with Crippen molar-refractivity contribution in [2.45, 2.75) is 63.0 Å². The number of hydrogen-bond donors (Lipinski definition) is 1. The van der Waals surface area contributed by atoms with E-state index < -0.39 is 23.1 Å². The second-order valence-electron chi connectivity index (χ2n) is 13.0. The lowest BCUT2D eigenvalue weighted by atomic mass is 9.70. The molecule has 2 aromatic carbocycles. The number of Topliss-reactive ketones (excluding diaryl/α,β-unsaturated/α-hetero) is 2. The molecule has 10 nitrogen and oxygen atoms in total. The van der Waals surface area contributed by atoms with Crippen LogP contribution in [0.25, 0.3) is 11.3 Å². The zero-order valence-electron chi connectivity index (χ0n) is 27.7. The molecule has 1 amide bonds. The average molecular weight is 665 g/mol. The number of nitrogens with zero attached hydrogens (tertiary/aromatic N) is 1. The van der Waals surface area contributed by atoms with Crippen LogP contribution in [0, 0.1) is 5.92 Å². The van der Waals surface area contributed by atoms with Crippen molar-refractivity contribution in [1.82, 2.24) is 10.2 Å². The van der Waals surface area contributed by atoms with E-state index in [4.69, 9.17) is 35.0 Å². The van der Waals surface area contributed by atoms with Gasteiger partial charge in [-0.2, -0.15) is 0 Å². The van der Waals surface area contributed by atoms with Crippen LogP contribution in [0.3, 0.4) is 0 Å². The second-order valence-corrected chi connectivity index (χ2v) is 13.3. The molecule has 2 heterocycles. The standard InChI is InChI=1S/C36H41ClN2O8/c1-20-16-25-28(33(41)36(20)34(42)29-24(44-5)18-26(45-6)30(37)32(29)47-36)23(31(46-25)21-10-12-22(43-4)13-11-21)17-27(40)38-19-35(39(2)3)14-8-7-9-15-35/h10-13,18,20H,7-9,14-17,19H2,1-6H3,(H,38,40). The summed E-state index contributed by atoms with van der Waals surface area (Å²) >= 11 is 6.63. The Labute approximate surface area is 279 Å². The maximum absolute atomic E-state index is 14.8. The number of nitrogens with one attached hydrogen (secondary N) is 1. The Hall–Kier alpha value is -4.02. The Bertz CT molecular complexity index is 1720. The van der Waals surface area contributed by atoms with Gasteiger partial charge in [0, 0.05) is 41.6 Å². The van der Waals surface area contributed by atoms with Crippen LogP contribution in [-0.4, -0.2) is 75.5 Å². The second kappa shape index (κ2) is 12.5. The number of ether oxygens (including phenoxy) is 4. The molecule has 2 atom stereocenters. The Morgan fingerprint density at radius 1 is 0.979 bits per heavy atom. The van der Waals surface area contributed by atoms with Gasteiger partial charge in [0.05, 0.1) is 33.3 Å². The first-order valence-corrected chi connectivity index (χ1v) is 16.3. The quantitative estimate of drug-likeness (QED) is 0.278. The summed E-state index contributed by atoms with van der Waals surface area (Å²) in [6.07, 6.45) is 5.48. The Morgan fingerprint density at radius 2 is 1.64 bits per heavy atom. The molecular formula is C36H41ClN2O8. The first-order chi connectivity index (χ1) is 22.5. The molecule has 2 unspecified atom stereocenters. The van der Waals surface area contributed by atoms with E-state index in [1.807, 2.05) is 12.1 Å². The molecule has 1 N–H and O–H groups in total. The minimum Gasteiger partial charge on any atom is -0.497 e. The zero-order chi connectivity index (χ0) is 33.7. The van der Waals surface area contributed by atoms with E-state index in [-0.39, 0.29) is 57.7 Å². The van der Waals surface area contributed by atoms with E-state index in [1.54, 1.807) is 26.2 Å². The van der Waals surface area contributed by atoms with Crippen LogP contribution >= 0.6 is 11.6 Å². The van der Waals surface area contributed by atoms with Crippen LogP contribution in [0.15, 0.2) is 34.7 Å². The fourth-order valence-electron chi connectivity index (χ4n) is 7.45. The predicted molar refractivity (Wildman–Crippen MR) is 176 cm³/mol. The molecule has 47 heavy (non-hydrogen) atoms. The molecule has 1 aromatic heterocycles. The maximum atomic E-state index is 14.8. The highest BCUT2D eigenvalue weighted by Gasteiger charge is 2.63. The van der Waals surface area contributed by atoms with Crippen molar-refractivity contribution in [3.63, 3.8) is 0 Å². The highest BCUT2D eigenvalue weighted by Crippen LogP contribution is 2.54. The Balaban J connectivity index is 1.42. The normalized spacial score (nSPS) is 21.3. The molecule has 1 saturated carbocycles. The lowest BCUT2D eigenvalue weighted by Crippen LogP contribution is -2.56. The number of carbonyl (C=O) groups is 3. The van der Waals surface area contributed by atoms with Crippen molar-refractivity contribution in [3.8, 4) is 34.3 Å². The summed E-state index contributed by atoms with van der Waals surface area (Å²) in [5, 5.41) is 3.23. The number of hydrogen-bond acceptors (Lipinski definition) is 9. The molecule has 1 spiro atoms. The SMILES string of the molecule is COc1ccc(-c2oc3c(c2CC(=O)NCC2(N(C)C)CCCCC2)C(=O)C2(Oc4c(Cl)c(OC)cc(OC)c4C2=O)C(C)C3)cc1. The molecule has 6 rings (SSSR count). The third-order valence-corrected chi connectivity index (χ3v) is 10.6. The Kier molecular flexibility index (Phi) is 8.78. The molecule has 11 heteroatoms. The van der Waals surface area contributed by atoms with Gasteiger partial charge in [0.1, 0.15) is 39.4 Å². The maximum Gasteiger partial charge on any atom is 0.237 e. The third kappa shape index (κ3) is 5.26. The number of methoxy groups -OCH3 is 3. The van der Waals surface area contributed by atoms with Gasteiger partial charge in [0.25, 0.3) is 0 Å². The number of likely N-dealkylation sites (N-methyl/N-ethyl adjacent to an activating group) is 1. The first-order valence-electron chi connectivity index (χ1n) is 16.0. The number of benzene rings is 2. The molecule has 3 aliphatic rings. The monoisotopic (exact) mass is 664 g/mol. The number of halogens is 1. The molecule has 250 valence electrons. The van der Waals surface area contributed by atoms with Crippen LogP contribution in [0.5, 0.6) is 23.0 Å². The molecule has 0 radical (unpaired) electrons. The molecule has 1 fully saturated rings. The summed E-state index contributed by atoms with van der Waals surface area (Å²) < 4.78 is 29.0. The largest absolute Gasteiger partial charge is 0.497 e. The van der Waals surface area contributed by atoms with Crippen molar-refractivity contribution in [1.29, 1.82) is 0 Å². The van der Waals surface area contributed by atoms with Crippen molar-refractivity contribution >= 4 is 29.1 Å². The molecule has 0 bridgehead atoms. The van der Waals surface area contributed by atoms with Gasteiger partial charge in [-0.1, -0.05) is 37.8 Å². The summed E-state index contributed by atoms with van der Waals surface area (Å²) in [7, 11) is 8.55. The van der Waals surface area contributed by atoms with Crippen molar-refractivity contribution in [2.24, 2.45) is 5.92 Å². The van der Waals surface area contributed by atoms with E-state index in [2.05, 4.69) is 24.3 Å². The topological polar surface area (TPSA) is 117 Å². The van der Waals surface area contributed by atoms with Gasteiger partial charge in [-0.25, -0.2) is 0 Å². The summed E-state index contributed by atoms with van der Waals surface area (Å²) in [6.45, 7) is 2.26. The van der Waals surface area contributed by atoms with Gasteiger partial charge in [-0.05, 0) is 51.2 Å². The van der Waals surface area contributed by atoms with Crippen LogP contribution < -0.4 is 24.3 Å². The van der Waals surface area contributed by atoms with Gasteiger partial charge in [0.15, 0.2) is 5.75 Å². The minimum atomic E-state index is -1.93. The van der Waals surface area contributed by atoms with Crippen LogP contribution in [0.4, 0.5) is 0 Å². The number of amides is 1. The molecule has 1 aliphatic heterocycles. The number of fused-ring (bicyclic) bond motifs is 2. The van der Waals surface area contributed by atoms with E-state index in [0.717, 1.165) is 25.7 Å². The fourth-order valence-corrected chi connectivity index (χ4v) is 7.72. The lowest BCUT2D eigenvalue weighted by Gasteiger charge is -2.43. The van der Waals surface area contributed by atoms with E-state index in [9.17, 15) is 14.4 Å². The molecule has 3 aromatic rings. The van der Waals surface area contributed by atoms with E-state index >= 15 is 0 Å². The Morgan fingerprint density at radius 3 is 2.26 bits per heavy atom. The van der Waals surface area contributed by atoms with Crippen molar-refractivity contribution < 1.29 is 37.7 Å². The highest BCUT2D eigenvalue weighted by atomic mass is 35.5. The predicted octanol–water partition coefficient (Wildman–Crippen LogP) is 5.94. The van der Waals surface area contributed by atoms with Crippen LogP contribution in [0.1, 0.15) is 71.1 Å². The molecule has 2 aliphatic carbocycles. The first kappa shape index (κ1) is 32.9. The van der Waals surface area contributed by atoms with Gasteiger partial charge in [0.2, 0.25) is 23.1 Å². The van der Waals surface area contributed by atoms with Gasteiger partial charge in [-0.15, -0.1) is 0 Å². The number of rotatable bonds is 9. The van der Waals surface area contributed by atoms with Crippen LogP contribution in [0.2, 0.25) is 5.02 Å². The number of furan rings is 1. The summed E-state index contributed by atoms with van der Waals surface area (Å²) in [5.41, 5.74) is -0.709. The smallest absolute Gasteiger partial charge is 0.237 e. The van der Waals surface area contributed by atoms with Crippen molar-refractivity contribution in [2.75, 3.05) is 42.0 Å². The third-order valence-electron chi connectivity index (χ3n) is 10.3. The van der Waals surface area contributed by atoms with Crippen molar-refractivity contribution in [3.05, 3.63) is 57.8 Å². The van der Waals surface area contributed by atoms with E-state index in [0.29, 0.717) is 34.9 Å². The van der Waals surface area contributed by atoms with Gasteiger partial charge < -0.3 is 33.6 Å². The zero-order valence-corrected chi connectivity index (χ0v) is 28.5. The summed E-state index contributed by atoms with van der Waals surface area (Å²) in [5.74, 6) is -0.0689. The summed E-state index contributed by atoms with van der Waals surface area (Å²) in [6, 6.07) is 8.73. The highest BCUT2D eigenvalue weighted by molar-refractivity contribution is 6.36. The lowest BCUT2D eigenvalue weighted by molar-refractivity contribution is -0.121. The van der Waals surface area contributed by atoms with Gasteiger partial charge in [-0.3, -0.25) is 14.4 Å². The van der Waals surface area contributed by atoms with E-state index in [1.165, 1.54) is 26.7 Å². The fraction of sp³-hybridized carbons (Fsp3) is 0.472. The van der Waals surface area contributed by atoms with Crippen LogP contribution in [-0.2, 0) is 17.6 Å². The number of carbonyl (C=O) groups excluding carboxylic acids is 3. The molecule has 0 saturated heterocycles. The average Bonchev–Trinajstić information content (AvgIpc) is 3.59. The minimum absolute atomic E-state index is 0.0381.